The molecule has 1 saturated carbocycles. The van der Waals surface area contributed by atoms with Gasteiger partial charge >= 0.3 is 0 Å². The second-order valence-corrected chi connectivity index (χ2v) is 13.7. The molecule has 4 aromatic carbocycles. The van der Waals surface area contributed by atoms with Crippen LogP contribution in [0.2, 0.25) is 0 Å². The van der Waals surface area contributed by atoms with Gasteiger partial charge in [0.05, 0.1) is 41.7 Å². The fraction of sp³-hybridized carbons (Fsp3) is 0.244. The van der Waals surface area contributed by atoms with Crippen LogP contribution in [0.25, 0.3) is 0 Å². The van der Waals surface area contributed by atoms with Crippen LogP contribution in [-0.2, 0) is 19.2 Å². The molecule has 2 saturated heterocycles. The Morgan fingerprint density at radius 3 is 2.06 bits per heavy atom. The maximum absolute atomic E-state index is 14.5. The number of anilines is 2. The Kier molecular flexibility index (Phi) is 7.33. The van der Waals surface area contributed by atoms with Crippen LogP contribution in [-0.4, -0.2) is 41.6 Å². The minimum atomic E-state index is -1.28. The maximum atomic E-state index is 14.5. The topological polar surface area (TPSA) is 121 Å². The molecule has 1 N–H and O–H groups in total. The van der Waals surface area contributed by atoms with E-state index in [0.29, 0.717) is 33.8 Å². The number of para-hydroxylation sites is 1. The van der Waals surface area contributed by atoms with Gasteiger partial charge in [0.15, 0.2) is 5.78 Å². The highest BCUT2D eigenvalue weighted by atomic mass is 16.5. The number of carbonyl (C=O) groups is 5. The van der Waals surface area contributed by atoms with Crippen molar-refractivity contribution in [2.75, 3.05) is 16.9 Å². The predicted molar refractivity (Wildman–Crippen MR) is 185 cm³/mol. The van der Waals surface area contributed by atoms with Gasteiger partial charge in [-0.15, -0.1) is 0 Å². The molecular formula is C41H34N2O7. The van der Waals surface area contributed by atoms with Crippen LogP contribution in [0.4, 0.5) is 11.4 Å². The van der Waals surface area contributed by atoms with Crippen molar-refractivity contribution in [1.29, 1.82) is 0 Å². The van der Waals surface area contributed by atoms with Crippen molar-refractivity contribution in [3.63, 3.8) is 0 Å². The zero-order chi connectivity index (χ0) is 34.9. The first-order valence-electron chi connectivity index (χ1n) is 16.7. The average molecular weight is 667 g/mol. The number of phenolic OH excluding ortho intramolecular Hbond substituents is 1. The molecule has 6 atom stereocenters. The van der Waals surface area contributed by atoms with Gasteiger partial charge in [-0.3, -0.25) is 28.9 Å². The maximum Gasteiger partial charge on any atom is 0.241 e. The lowest BCUT2D eigenvalue weighted by molar-refractivity contribution is -0.131. The molecule has 4 aromatic rings. The summed E-state index contributed by atoms with van der Waals surface area (Å²) in [6, 6.07) is 29.0. The number of aromatic hydroxyl groups is 1. The number of carbonyl (C=O) groups excluding carboxylic acids is 5. The first-order chi connectivity index (χ1) is 24.1. The van der Waals surface area contributed by atoms with E-state index in [1.807, 2.05) is 18.2 Å². The molecule has 8 rings (SSSR count). The summed E-state index contributed by atoms with van der Waals surface area (Å²) in [6.07, 6.45) is 2.41. The number of rotatable bonds is 6. The highest BCUT2D eigenvalue weighted by Crippen LogP contribution is 2.64. The van der Waals surface area contributed by atoms with E-state index >= 15 is 0 Å². The standard InChI is InChI=1S/C41H34N2O7/c1-41-32(38(47)43(40(41)49)25-11-7-4-8-12-25)22-31-28(35(41)29-18-17-27(50-2)21-33(29)44)19-20-30-34(31)39(48)42(37(30)46)26-15-13-24(14-16-26)36(45)23-9-5-3-6-10-23/h3-19,21,30-32,34-35,44H,20,22H2,1-2H3/t30-,31+,32-,34-,35+,41+/m0/s1. The van der Waals surface area contributed by atoms with E-state index in [1.165, 1.54) is 23.0 Å². The first-order valence-corrected chi connectivity index (χ1v) is 16.7. The van der Waals surface area contributed by atoms with Crippen molar-refractivity contribution in [2.24, 2.45) is 29.1 Å². The number of benzene rings is 4. The minimum absolute atomic E-state index is 0.0861. The highest BCUT2D eigenvalue weighted by molar-refractivity contribution is 6.25. The molecule has 0 aromatic heterocycles. The van der Waals surface area contributed by atoms with Gasteiger partial charge in [-0.25, -0.2) is 4.90 Å². The molecule has 2 aliphatic heterocycles. The Bertz CT molecular complexity index is 2110. The van der Waals surface area contributed by atoms with Gasteiger partial charge in [0.1, 0.15) is 11.5 Å². The molecule has 250 valence electrons. The van der Waals surface area contributed by atoms with Crippen LogP contribution in [0.15, 0.2) is 115 Å². The van der Waals surface area contributed by atoms with Crippen molar-refractivity contribution in [3.05, 3.63) is 131 Å². The SMILES string of the molecule is COc1ccc([C@H]2C3=CC[C@@H]4C(=O)N(c5ccc(C(=O)c6ccccc6)cc5)C(=O)[C@@H]4[C@@H]3C[C@H]3C(=O)N(c4ccccc4)C(=O)[C@@]23C)c(O)c1. The number of allylic oxidation sites excluding steroid dienone is 2. The summed E-state index contributed by atoms with van der Waals surface area (Å²) in [5.74, 6) is -4.81. The number of ether oxygens (including phenoxy) is 1. The second-order valence-electron chi connectivity index (χ2n) is 13.7. The van der Waals surface area contributed by atoms with Gasteiger partial charge in [0, 0.05) is 28.7 Å². The Morgan fingerprint density at radius 2 is 1.40 bits per heavy atom. The van der Waals surface area contributed by atoms with E-state index in [4.69, 9.17) is 4.74 Å². The fourth-order valence-corrected chi connectivity index (χ4v) is 8.85. The van der Waals surface area contributed by atoms with Gasteiger partial charge in [-0.2, -0.15) is 0 Å². The van der Waals surface area contributed by atoms with E-state index < -0.39 is 35.0 Å². The normalized spacial score (nSPS) is 27.1. The summed E-state index contributed by atoms with van der Waals surface area (Å²) in [5.41, 5.74) is 1.74. The minimum Gasteiger partial charge on any atom is -0.508 e. The van der Waals surface area contributed by atoms with Gasteiger partial charge in [0.25, 0.3) is 0 Å². The van der Waals surface area contributed by atoms with Crippen LogP contribution in [0.1, 0.15) is 47.2 Å². The second kappa shape index (κ2) is 11.7. The fourth-order valence-electron chi connectivity index (χ4n) is 8.85. The van der Waals surface area contributed by atoms with Crippen LogP contribution in [0.3, 0.4) is 0 Å². The molecule has 50 heavy (non-hydrogen) atoms. The van der Waals surface area contributed by atoms with Crippen molar-refractivity contribution >= 4 is 40.8 Å². The molecule has 2 aliphatic carbocycles. The van der Waals surface area contributed by atoms with Crippen molar-refractivity contribution in [2.45, 2.75) is 25.7 Å². The summed E-state index contributed by atoms with van der Waals surface area (Å²) < 4.78 is 5.34. The largest absolute Gasteiger partial charge is 0.508 e. The molecule has 4 aliphatic rings. The number of fused-ring (bicyclic) bond motifs is 4. The zero-order valence-electron chi connectivity index (χ0n) is 27.5. The number of phenols is 1. The number of hydrogen-bond donors (Lipinski definition) is 1. The molecule has 9 heteroatoms. The number of hydrogen-bond acceptors (Lipinski definition) is 7. The lowest BCUT2D eigenvalue weighted by Gasteiger charge is -2.49. The number of imide groups is 2. The van der Waals surface area contributed by atoms with Gasteiger partial charge in [0.2, 0.25) is 23.6 Å². The first kappa shape index (κ1) is 31.4. The molecule has 9 nitrogen and oxygen atoms in total. The zero-order valence-corrected chi connectivity index (χ0v) is 27.5. The summed E-state index contributed by atoms with van der Waals surface area (Å²) in [6.45, 7) is 1.78. The van der Waals surface area contributed by atoms with E-state index in [2.05, 4.69) is 0 Å². The van der Waals surface area contributed by atoms with E-state index in [1.54, 1.807) is 91.9 Å². The number of ketones is 1. The summed E-state index contributed by atoms with van der Waals surface area (Å²) in [7, 11) is 1.49. The Labute approximate surface area is 288 Å². The molecular weight excluding hydrogens is 632 g/mol. The van der Waals surface area contributed by atoms with Crippen LogP contribution in [0, 0.1) is 29.1 Å². The summed E-state index contributed by atoms with van der Waals surface area (Å²) in [4.78, 5) is 72.7. The van der Waals surface area contributed by atoms with E-state index in [0.717, 1.165) is 5.57 Å². The molecule has 4 amide bonds. The smallest absolute Gasteiger partial charge is 0.241 e. The van der Waals surface area contributed by atoms with Gasteiger partial charge < -0.3 is 9.84 Å². The van der Waals surface area contributed by atoms with Gasteiger partial charge in [-0.1, -0.05) is 66.2 Å². The van der Waals surface area contributed by atoms with Crippen molar-refractivity contribution < 1.29 is 33.8 Å². The van der Waals surface area contributed by atoms with Crippen molar-refractivity contribution in [3.8, 4) is 11.5 Å². The molecule has 0 radical (unpaired) electrons. The Balaban J connectivity index is 1.19. The van der Waals surface area contributed by atoms with Crippen molar-refractivity contribution in [1.82, 2.24) is 0 Å². The van der Waals surface area contributed by atoms with Gasteiger partial charge in [-0.05, 0) is 68.1 Å². The van der Waals surface area contributed by atoms with Crippen LogP contribution in [0.5, 0.6) is 11.5 Å². The van der Waals surface area contributed by atoms with E-state index in [-0.39, 0.29) is 48.0 Å². The summed E-state index contributed by atoms with van der Waals surface area (Å²) in [5, 5.41) is 11.4. The monoisotopic (exact) mass is 666 g/mol. The Hall–Kier alpha value is -5.83. The third-order valence-electron chi connectivity index (χ3n) is 11.3. The third-order valence-corrected chi connectivity index (χ3v) is 11.3. The molecule has 0 unspecified atom stereocenters. The summed E-state index contributed by atoms with van der Waals surface area (Å²) >= 11 is 0. The third kappa shape index (κ3) is 4.49. The molecule has 0 spiro atoms. The number of nitrogens with zero attached hydrogens (tertiary/aromatic N) is 2. The molecule has 3 fully saturated rings. The highest BCUT2D eigenvalue weighted by Gasteiger charge is 2.68. The Morgan fingerprint density at radius 1 is 0.760 bits per heavy atom. The number of methoxy groups -OCH3 is 1. The average Bonchev–Trinajstić information content (AvgIpc) is 3.51. The van der Waals surface area contributed by atoms with Crippen LogP contribution >= 0.6 is 0 Å². The lowest BCUT2D eigenvalue weighted by atomic mass is 9.51. The molecule has 0 bridgehead atoms. The quantitative estimate of drug-likeness (QED) is 0.151. The van der Waals surface area contributed by atoms with E-state index in [9.17, 15) is 29.1 Å². The molecule has 2 heterocycles. The number of amides is 4. The lowest BCUT2D eigenvalue weighted by Crippen LogP contribution is -2.48. The van der Waals surface area contributed by atoms with Crippen LogP contribution < -0.4 is 14.5 Å². The predicted octanol–water partition coefficient (Wildman–Crippen LogP) is 6.07.